The van der Waals surface area contributed by atoms with E-state index in [1.165, 1.54) is 0 Å². The van der Waals surface area contributed by atoms with Crippen molar-refractivity contribution in [3.8, 4) is 0 Å². The van der Waals surface area contributed by atoms with Crippen LogP contribution in [0, 0.1) is 0 Å². The van der Waals surface area contributed by atoms with Crippen LogP contribution in [0.5, 0.6) is 0 Å². The molecule has 0 aromatic heterocycles. The first-order valence-electron chi connectivity index (χ1n) is 38.7. The van der Waals surface area contributed by atoms with Gasteiger partial charge in [-0.15, -0.1) is 0 Å². The second-order valence-electron chi connectivity index (χ2n) is 31.0. The number of rotatable bonds is 19. The van der Waals surface area contributed by atoms with E-state index in [0.29, 0.717) is 0 Å². The summed E-state index contributed by atoms with van der Waals surface area (Å²) in [5.74, 6) is 0. The Morgan fingerprint density at radius 1 is 0.149 bits per heavy atom. The summed E-state index contributed by atoms with van der Waals surface area (Å²) in [5, 5.41) is 368. The molecule has 25 saturated heterocycles. The van der Waals surface area contributed by atoms with Crippen LogP contribution in [-0.2, 0) is 104 Å². The van der Waals surface area contributed by atoms with Gasteiger partial charge in [0.1, 0.15) is 269 Å². The molecule has 0 spiro atoms. The van der Waals surface area contributed by atoms with Crippen LogP contribution in [0.15, 0.2) is 0 Å². The molecule has 0 aromatic carbocycles. The van der Waals surface area contributed by atoms with Crippen LogP contribution in [0.3, 0.4) is 0 Å². The molecule has 55 heteroatoms. The molecule has 55 unspecified atom stereocenters. The van der Waals surface area contributed by atoms with Crippen molar-refractivity contribution in [2.24, 2.45) is 0 Å². The summed E-state index contributed by atoms with van der Waals surface area (Å²) in [7, 11) is 0. The number of aliphatic hydroxyl groups excluding tert-OH is 33. The van der Waals surface area contributed by atoms with Crippen molar-refractivity contribution < 1.29 is 273 Å². The highest BCUT2D eigenvalue weighted by atomic mass is 16.8. The summed E-state index contributed by atoms with van der Waals surface area (Å²) in [4.78, 5) is 0. The van der Waals surface area contributed by atoms with Crippen LogP contribution >= 0.6 is 0 Å². The van der Waals surface area contributed by atoms with Gasteiger partial charge < -0.3 is 273 Å². The van der Waals surface area contributed by atoms with Gasteiger partial charge in [0.25, 0.3) is 0 Å². The van der Waals surface area contributed by atoms with Crippen molar-refractivity contribution in [3.63, 3.8) is 0 Å². The molecule has 121 heavy (non-hydrogen) atoms. The fraction of sp³-hybridized carbons (Fsp3) is 1.00. The molecule has 25 heterocycles. The lowest BCUT2D eigenvalue weighted by Gasteiger charge is -2.50. The molecule has 55 atom stereocenters. The molecule has 0 radical (unpaired) electrons. The third-order valence-corrected chi connectivity index (χ3v) is 23.2. The van der Waals surface area contributed by atoms with Crippen LogP contribution in [0.25, 0.3) is 0 Å². The minimum Gasteiger partial charge on any atom is -0.394 e. The Balaban J connectivity index is 0.773. The topological polar surface area (TPSA) is 871 Å². The fourth-order valence-electron chi connectivity index (χ4n) is 16.2. The van der Waals surface area contributed by atoms with Gasteiger partial charge in [-0.1, -0.05) is 0 Å². The average molecular weight is 1780 g/mol. The number of hydrogen-bond acceptors (Lipinski definition) is 55. The SMILES string of the molecule is OCC1OC(OCC2OC(OC3C(CO)OC(OC4C(CO)OC(OCC5OC6OC7C(CO)OC(OC8C(CO)OC(OC9C(CO)OC(OC%10C(CO)OC(OC%11C(CO)OC(OC%12C(CO)OC(OC5C(O)C6O)C(O)C%12O)C(O)C%11O)C(O)C%10O)C(O)C9O)C(O)C8O)C(O)C7O)C(O)C4O)C(O)C3O)C(O)C(O)C2O)C(O)C(O)C1O. The van der Waals surface area contributed by atoms with Crippen LogP contribution < -0.4 is 0 Å². The molecular formula is C66H110O55. The molecule has 0 aliphatic carbocycles. The quantitative estimate of drug-likeness (QED) is 0.0571. The van der Waals surface area contributed by atoms with Gasteiger partial charge in [0.2, 0.25) is 0 Å². The molecule has 0 amide bonds. The van der Waals surface area contributed by atoms with Crippen LogP contribution in [0.4, 0.5) is 0 Å². The highest BCUT2D eigenvalue weighted by Gasteiger charge is 2.62. The fourth-order valence-corrected chi connectivity index (χ4v) is 16.2. The molecule has 0 aromatic rings. The van der Waals surface area contributed by atoms with Crippen molar-refractivity contribution >= 4 is 0 Å². The van der Waals surface area contributed by atoms with Gasteiger partial charge in [0, 0.05) is 0 Å². The maximum Gasteiger partial charge on any atom is 0.187 e. The lowest BCUT2D eigenvalue weighted by Crippen LogP contribution is -2.68. The first-order chi connectivity index (χ1) is 57.5. The minimum atomic E-state index is -2.50. The van der Waals surface area contributed by atoms with E-state index in [2.05, 4.69) is 0 Å². The summed E-state index contributed by atoms with van der Waals surface area (Å²) in [6.45, 7) is -12.2. The summed E-state index contributed by atoms with van der Waals surface area (Å²) in [5.41, 5.74) is 0. The third kappa shape index (κ3) is 19.9. The second-order valence-corrected chi connectivity index (χ2v) is 31.0. The molecule has 0 saturated carbocycles. The number of hydrogen-bond donors (Lipinski definition) is 33. The van der Waals surface area contributed by atoms with Crippen molar-refractivity contribution in [1.29, 1.82) is 0 Å². The Kier molecular flexibility index (Phi) is 33.9. The number of ether oxygens (including phenoxy) is 22. The Hall–Kier alpha value is -2.20. The first kappa shape index (κ1) is 97.8. The Morgan fingerprint density at radius 2 is 0.339 bits per heavy atom. The van der Waals surface area contributed by atoms with Gasteiger partial charge in [0.05, 0.1) is 72.7 Å². The maximum absolute atomic E-state index is 12.1. The second kappa shape index (κ2) is 41.9. The van der Waals surface area contributed by atoms with Crippen molar-refractivity contribution in [3.05, 3.63) is 0 Å². The normalized spacial score (nSPS) is 55.0. The molecule has 25 rings (SSSR count). The third-order valence-electron chi connectivity index (χ3n) is 23.2. The van der Waals surface area contributed by atoms with E-state index in [9.17, 15) is 169 Å². The molecule has 25 aliphatic heterocycles. The predicted molar refractivity (Wildman–Crippen MR) is 359 cm³/mol. The van der Waals surface area contributed by atoms with Crippen molar-refractivity contribution in [1.82, 2.24) is 0 Å². The lowest BCUT2D eigenvalue weighted by atomic mass is 9.95. The zero-order chi connectivity index (χ0) is 88.1. The highest BCUT2D eigenvalue weighted by molar-refractivity contribution is 5.04. The smallest absolute Gasteiger partial charge is 0.187 e. The van der Waals surface area contributed by atoms with Crippen molar-refractivity contribution in [2.45, 2.75) is 338 Å². The van der Waals surface area contributed by atoms with E-state index in [-0.39, 0.29) is 0 Å². The van der Waals surface area contributed by atoms with E-state index in [4.69, 9.17) is 104 Å². The lowest BCUT2D eigenvalue weighted by molar-refractivity contribution is -0.400. The zero-order valence-corrected chi connectivity index (χ0v) is 63.3. The van der Waals surface area contributed by atoms with E-state index in [1.807, 2.05) is 0 Å². The molecular weight excluding hydrogens is 1670 g/mol. The van der Waals surface area contributed by atoms with Gasteiger partial charge in [-0.3, -0.25) is 0 Å². The summed E-state index contributed by atoms with van der Waals surface area (Å²) in [6, 6.07) is 0. The predicted octanol–water partition coefficient (Wildman–Crippen LogP) is -23.9. The average Bonchev–Trinajstić information content (AvgIpc) is 0.850. The van der Waals surface area contributed by atoms with E-state index >= 15 is 0 Å². The van der Waals surface area contributed by atoms with Crippen LogP contribution in [-0.4, -0.2) is 579 Å². The van der Waals surface area contributed by atoms with Crippen LogP contribution in [0.1, 0.15) is 0 Å². The Bertz CT molecular complexity index is 3120. The zero-order valence-electron chi connectivity index (χ0n) is 63.3. The number of aliphatic hydroxyl groups is 33. The molecule has 14 bridgehead atoms. The molecule has 55 nitrogen and oxygen atoms in total. The monoisotopic (exact) mass is 1780 g/mol. The van der Waals surface area contributed by atoms with E-state index in [0.717, 1.165) is 0 Å². The van der Waals surface area contributed by atoms with E-state index < -0.39 is 410 Å². The minimum absolute atomic E-state index is 0.839. The van der Waals surface area contributed by atoms with Gasteiger partial charge in [0.15, 0.2) is 69.2 Å². The Morgan fingerprint density at radius 3 is 0.603 bits per heavy atom. The molecule has 25 fully saturated rings. The standard InChI is InChI=1S/C66H110O55/c67-1-12-23(76)25(78)36(89)56(102-12)100-10-21-24(77)26(79)37(90)58(111-21)113-48-14(3-69)104-59(39(92)28(48)81)114-47-13(2-68)103-57(38(91)27(47)80)101-11-22-55-35(88)46(99)66(112-22)120-54-20(9-75)109-64(44(97)33(54)86)118-52-18(7-73)107-62(42(95)31(52)84)116-50-16(5-71)105-60(40(93)29(50)82)115-49-15(4-70)106-61(41(94)30(49)83)117-51-17(6-72)108-63(43(96)32(51)85)119-53-19(8-74)110-65(121-55)45(98)34(53)87/h12-99H,1-11H2. The highest BCUT2D eigenvalue weighted by Crippen LogP contribution is 2.42. The first-order valence-corrected chi connectivity index (χ1v) is 38.7. The molecule has 25 aliphatic rings. The van der Waals surface area contributed by atoms with Gasteiger partial charge >= 0.3 is 0 Å². The maximum atomic E-state index is 12.1. The van der Waals surface area contributed by atoms with Crippen LogP contribution in [0.2, 0.25) is 0 Å². The van der Waals surface area contributed by atoms with Crippen molar-refractivity contribution in [2.75, 3.05) is 72.7 Å². The van der Waals surface area contributed by atoms with E-state index in [1.54, 1.807) is 0 Å². The Labute approximate surface area is 681 Å². The summed E-state index contributed by atoms with van der Waals surface area (Å²) in [6.07, 6.45) is -117. The van der Waals surface area contributed by atoms with Gasteiger partial charge in [-0.05, 0) is 0 Å². The summed E-state index contributed by atoms with van der Waals surface area (Å²) >= 11 is 0. The molecule has 704 valence electrons. The molecule has 33 N–H and O–H groups in total. The van der Waals surface area contributed by atoms with Gasteiger partial charge in [-0.2, -0.15) is 0 Å². The van der Waals surface area contributed by atoms with Gasteiger partial charge in [-0.25, -0.2) is 0 Å². The largest absolute Gasteiger partial charge is 0.394 e. The summed E-state index contributed by atoms with van der Waals surface area (Å²) < 4.78 is 126.